The molecule has 8 heteroatoms. The molecular formula is C34H58N4O4. The lowest BCUT2D eigenvalue weighted by Crippen LogP contribution is -2.56. The molecule has 0 bridgehead atoms. The second-order valence-corrected chi connectivity index (χ2v) is 17.2. The van der Waals surface area contributed by atoms with Crippen molar-refractivity contribution in [1.82, 2.24) is 21.3 Å². The topological polar surface area (TPSA) is 107 Å². The van der Waals surface area contributed by atoms with E-state index < -0.39 is 11.2 Å². The second kappa shape index (κ2) is 9.64. The summed E-state index contributed by atoms with van der Waals surface area (Å²) < 4.78 is 11.6. The largest absolute Gasteiger partial charge is 0.444 e. The molecule has 6 rings (SSSR count). The molecular weight excluding hydrogens is 528 g/mol. The van der Waals surface area contributed by atoms with Gasteiger partial charge in [0.2, 0.25) is 11.2 Å². The van der Waals surface area contributed by atoms with Gasteiger partial charge >= 0.3 is 11.9 Å². The Labute approximate surface area is 253 Å². The van der Waals surface area contributed by atoms with E-state index in [0.29, 0.717) is 0 Å². The Morgan fingerprint density at radius 3 is 1.17 bits per heavy atom. The molecule has 2 saturated carbocycles. The van der Waals surface area contributed by atoms with Crippen LogP contribution in [-0.2, 0) is 19.1 Å². The Morgan fingerprint density at radius 1 is 0.571 bits per heavy atom. The van der Waals surface area contributed by atoms with Crippen molar-refractivity contribution in [2.24, 2.45) is 11.8 Å². The SMILES string of the molecule is CC1(C)NC2(CCCC(C3(CCCCCCC4(C5CCCC6(C5)NC(C)(C)C(C)(C)N6)OC4=O)OC3=O)C2)NC1(C)C. The van der Waals surface area contributed by atoms with Gasteiger partial charge in [0, 0.05) is 34.0 Å². The highest BCUT2D eigenvalue weighted by Gasteiger charge is 2.67. The van der Waals surface area contributed by atoms with Gasteiger partial charge in [0.15, 0.2) is 0 Å². The highest BCUT2D eigenvalue weighted by molar-refractivity contribution is 5.93. The number of ether oxygens (including phenoxy) is 2. The molecule has 0 radical (unpaired) electrons. The summed E-state index contributed by atoms with van der Waals surface area (Å²) in [5, 5.41) is 15.7. The van der Waals surface area contributed by atoms with Crippen LogP contribution in [0.15, 0.2) is 0 Å². The van der Waals surface area contributed by atoms with Crippen molar-refractivity contribution in [2.45, 2.75) is 190 Å². The maximum Gasteiger partial charge on any atom is 0.352 e. The van der Waals surface area contributed by atoms with Gasteiger partial charge in [0.1, 0.15) is 0 Å². The summed E-state index contributed by atoms with van der Waals surface area (Å²) in [6.07, 6.45) is 14.1. The summed E-state index contributed by atoms with van der Waals surface area (Å²) >= 11 is 0. The predicted octanol–water partition coefficient (Wildman–Crippen LogP) is 5.19. The summed E-state index contributed by atoms with van der Waals surface area (Å²) in [6, 6.07) is 0. The van der Waals surface area contributed by atoms with Crippen molar-refractivity contribution in [2.75, 3.05) is 0 Å². The van der Waals surface area contributed by atoms with Gasteiger partial charge in [-0.05, 0) is 132 Å². The van der Waals surface area contributed by atoms with Crippen LogP contribution in [0.1, 0.15) is 145 Å². The number of carbonyl (C=O) groups excluding carboxylic acids is 2. The highest BCUT2D eigenvalue weighted by atomic mass is 16.7. The zero-order valence-corrected chi connectivity index (χ0v) is 27.7. The zero-order chi connectivity index (χ0) is 30.5. The minimum atomic E-state index is -0.580. The van der Waals surface area contributed by atoms with E-state index in [2.05, 4.69) is 76.7 Å². The average molecular weight is 587 g/mol. The summed E-state index contributed by atoms with van der Waals surface area (Å²) in [5.74, 6) is 0.526. The van der Waals surface area contributed by atoms with Gasteiger partial charge in [0.05, 0.1) is 11.3 Å². The van der Waals surface area contributed by atoms with E-state index in [0.717, 1.165) is 89.9 Å². The molecule has 0 aromatic carbocycles. The molecule has 2 aliphatic carbocycles. The third-order valence-corrected chi connectivity index (χ3v) is 13.2. The van der Waals surface area contributed by atoms with Crippen LogP contribution in [0.5, 0.6) is 0 Å². The first-order valence-corrected chi connectivity index (χ1v) is 17.1. The summed E-state index contributed by atoms with van der Waals surface area (Å²) in [5.41, 5.74) is -1.47. The molecule has 238 valence electrons. The lowest BCUT2D eigenvalue weighted by Gasteiger charge is -2.41. The third-order valence-electron chi connectivity index (χ3n) is 13.2. The van der Waals surface area contributed by atoms with Crippen molar-refractivity contribution in [3.05, 3.63) is 0 Å². The van der Waals surface area contributed by atoms with Gasteiger partial charge in [0.25, 0.3) is 0 Å². The highest BCUT2D eigenvalue weighted by Crippen LogP contribution is 2.53. The van der Waals surface area contributed by atoms with Crippen LogP contribution >= 0.6 is 0 Å². The fraction of sp³-hybridized carbons (Fsp3) is 0.941. The van der Waals surface area contributed by atoms with Crippen LogP contribution < -0.4 is 21.3 Å². The molecule has 4 aliphatic heterocycles. The second-order valence-electron chi connectivity index (χ2n) is 17.2. The van der Waals surface area contributed by atoms with Crippen LogP contribution in [0.2, 0.25) is 0 Å². The zero-order valence-electron chi connectivity index (χ0n) is 27.7. The van der Waals surface area contributed by atoms with E-state index in [4.69, 9.17) is 9.47 Å². The van der Waals surface area contributed by atoms with Gasteiger partial charge in [-0.1, -0.05) is 12.8 Å². The number of cyclic esters (lactones) is 2. The van der Waals surface area contributed by atoms with E-state index in [1.807, 2.05) is 0 Å². The number of rotatable bonds is 9. The number of hydrogen-bond acceptors (Lipinski definition) is 8. The standard InChI is InChI=1S/C34H58N4O4/c1-27(2)28(3,4)36-31(35-27)17-13-15-23(21-31)33(25(39)41-33)19-11-9-10-12-20-34(26(40)42-34)24-16-14-18-32(22-24)37-29(5,6)30(7,8)38-32/h23-24,35-38H,9-22H2,1-8H3. The lowest BCUT2D eigenvalue weighted by atomic mass is 9.72. The van der Waals surface area contributed by atoms with Crippen LogP contribution in [0, 0.1) is 11.8 Å². The van der Waals surface area contributed by atoms with Gasteiger partial charge in [-0.25, -0.2) is 9.59 Å². The molecule has 6 aliphatic rings. The van der Waals surface area contributed by atoms with Crippen LogP contribution in [0.25, 0.3) is 0 Å². The van der Waals surface area contributed by atoms with Crippen LogP contribution in [-0.4, -0.2) is 56.6 Å². The first-order chi connectivity index (χ1) is 19.4. The summed E-state index contributed by atoms with van der Waals surface area (Å²) in [7, 11) is 0. The Kier molecular flexibility index (Phi) is 7.07. The molecule has 4 heterocycles. The van der Waals surface area contributed by atoms with Crippen molar-refractivity contribution in [3.8, 4) is 0 Å². The van der Waals surface area contributed by atoms with Crippen molar-refractivity contribution in [3.63, 3.8) is 0 Å². The van der Waals surface area contributed by atoms with Gasteiger partial charge in [-0.3, -0.25) is 21.3 Å². The Morgan fingerprint density at radius 2 is 0.881 bits per heavy atom. The molecule has 0 aromatic rings. The fourth-order valence-electron chi connectivity index (χ4n) is 9.50. The van der Waals surface area contributed by atoms with E-state index in [9.17, 15) is 9.59 Å². The lowest BCUT2D eigenvalue weighted by molar-refractivity contribution is -0.118. The predicted molar refractivity (Wildman–Crippen MR) is 164 cm³/mol. The maximum absolute atomic E-state index is 12.7. The molecule has 8 nitrogen and oxygen atoms in total. The average Bonchev–Trinajstić information content (AvgIpc) is 3.69. The molecule has 0 aromatic heterocycles. The minimum Gasteiger partial charge on any atom is -0.444 e. The Balaban J connectivity index is 0.985. The quantitative estimate of drug-likeness (QED) is 0.216. The molecule has 0 amide bonds. The molecule has 4 saturated heterocycles. The van der Waals surface area contributed by atoms with Crippen molar-refractivity contribution in [1.29, 1.82) is 0 Å². The fourth-order valence-corrected chi connectivity index (χ4v) is 9.50. The van der Waals surface area contributed by atoms with Crippen molar-refractivity contribution < 1.29 is 19.1 Å². The van der Waals surface area contributed by atoms with E-state index in [1.54, 1.807) is 0 Å². The van der Waals surface area contributed by atoms with Crippen molar-refractivity contribution >= 4 is 11.9 Å². The van der Waals surface area contributed by atoms with E-state index in [1.165, 1.54) is 0 Å². The van der Waals surface area contributed by atoms with Gasteiger partial charge in [-0.15, -0.1) is 0 Å². The monoisotopic (exact) mass is 586 g/mol. The first-order valence-electron chi connectivity index (χ1n) is 17.1. The van der Waals surface area contributed by atoms with Gasteiger partial charge in [-0.2, -0.15) is 0 Å². The smallest absolute Gasteiger partial charge is 0.352 e. The first kappa shape index (κ1) is 30.8. The molecule has 4 N–H and O–H groups in total. The normalized spacial score (nSPS) is 39.7. The molecule has 4 atom stereocenters. The molecule has 2 spiro atoms. The van der Waals surface area contributed by atoms with Crippen LogP contribution in [0.4, 0.5) is 0 Å². The van der Waals surface area contributed by atoms with E-state index in [-0.39, 0.29) is 57.3 Å². The maximum atomic E-state index is 12.7. The summed E-state index contributed by atoms with van der Waals surface area (Å²) in [6.45, 7) is 18.2. The number of hydrogen-bond donors (Lipinski definition) is 4. The van der Waals surface area contributed by atoms with Gasteiger partial charge < -0.3 is 9.47 Å². The third kappa shape index (κ3) is 4.95. The van der Waals surface area contributed by atoms with E-state index >= 15 is 0 Å². The number of unbranched alkanes of at least 4 members (excludes halogenated alkanes) is 3. The molecule has 42 heavy (non-hydrogen) atoms. The molecule has 4 unspecified atom stereocenters. The number of epoxide rings is 2. The number of carbonyl (C=O) groups is 2. The summed E-state index contributed by atoms with van der Waals surface area (Å²) in [4.78, 5) is 25.4. The molecule has 6 fully saturated rings. The Hall–Kier alpha value is -1.22. The Bertz CT molecular complexity index is 997. The minimum absolute atomic E-state index is 0.00344. The number of nitrogens with one attached hydrogen (secondary N) is 4. The van der Waals surface area contributed by atoms with Crippen LogP contribution in [0.3, 0.4) is 0 Å².